The maximum Gasteiger partial charge on any atom is 0.247 e. The second-order valence-electron chi connectivity index (χ2n) is 2.64. The van der Waals surface area contributed by atoms with Gasteiger partial charge in [0.05, 0.1) is 11.3 Å². The van der Waals surface area contributed by atoms with Gasteiger partial charge >= 0.3 is 0 Å². The molecule has 2 aromatic rings. The van der Waals surface area contributed by atoms with Crippen molar-refractivity contribution in [1.82, 2.24) is 4.98 Å². The van der Waals surface area contributed by atoms with Crippen LogP contribution in [0.3, 0.4) is 0 Å². The number of halogens is 1. The van der Waals surface area contributed by atoms with Crippen LogP contribution in [0.4, 0.5) is 0 Å². The molecule has 2 rings (SSSR count). The maximum absolute atomic E-state index is 11.7. The van der Waals surface area contributed by atoms with Crippen molar-refractivity contribution in [2.75, 3.05) is 0 Å². The first-order chi connectivity index (χ1) is 6.79. The molecule has 0 saturated heterocycles. The van der Waals surface area contributed by atoms with E-state index in [0.29, 0.717) is 5.02 Å². The van der Waals surface area contributed by atoms with E-state index >= 15 is 0 Å². The number of furan rings is 1. The first-order valence-electron chi connectivity index (χ1n) is 3.98. The molecule has 0 aliphatic rings. The average Bonchev–Trinajstić information content (AvgIpc) is 2.70. The molecule has 4 heteroatoms. The number of aromatic nitrogens is 1. The summed E-state index contributed by atoms with van der Waals surface area (Å²) < 4.78 is 4.96. The van der Waals surface area contributed by atoms with Gasteiger partial charge in [0.2, 0.25) is 5.78 Å². The zero-order valence-corrected chi connectivity index (χ0v) is 7.86. The molecule has 70 valence electrons. The van der Waals surface area contributed by atoms with Gasteiger partial charge in [-0.25, -0.2) is 0 Å². The summed E-state index contributed by atoms with van der Waals surface area (Å²) >= 11 is 5.81. The van der Waals surface area contributed by atoms with Gasteiger partial charge in [-0.05, 0) is 24.3 Å². The SMILES string of the molecule is O=C(c1ccco1)c1ncccc1Cl. The Morgan fingerprint density at radius 3 is 2.86 bits per heavy atom. The second kappa shape index (κ2) is 3.64. The summed E-state index contributed by atoms with van der Waals surface area (Å²) in [6, 6.07) is 6.50. The summed E-state index contributed by atoms with van der Waals surface area (Å²) in [5.74, 6) is -0.0637. The minimum atomic E-state index is -0.305. The Kier molecular flexibility index (Phi) is 2.33. The van der Waals surface area contributed by atoms with Crippen molar-refractivity contribution in [3.63, 3.8) is 0 Å². The predicted molar refractivity (Wildman–Crippen MR) is 51.4 cm³/mol. The number of hydrogen-bond acceptors (Lipinski definition) is 3. The lowest BCUT2D eigenvalue weighted by molar-refractivity contribution is 0.100. The van der Waals surface area contributed by atoms with Crippen LogP contribution in [0.2, 0.25) is 5.02 Å². The summed E-state index contributed by atoms with van der Waals surface area (Å²) in [5, 5.41) is 0.328. The molecule has 14 heavy (non-hydrogen) atoms. The molecule has 2 heterocycles. The van der Waals surface area contributed by atoms with Crippen LogP contribution in [0.1, 0.15) is 16.2 Å². The summed E-state index contributed by atoms with van der Waals surface area (Å²) in [7, 11) is 0. The van der Waals surface area contributed by atoms with Gasteiger partial charge in [0.25, 0.3) is 0 Å². The maximum atomic E-state index is 11.7. The van der Waals surface area contributed by atoms with E-state index in [0.717, 1.165) is 0 Å². The lowest BCUT2D eigenvalue weighted by Crippen LogP contribution is -2.03. The highest BCUT2D eigenvalue weighted by Gasteiger charge is 2.15. The Labute approximate surface area is 85.3 Å². The van der Waals surface area contributed by atoms with Crippen molar-refractivity contribution in [1.29, 1.82) is 0 Å². The quantitative estimate of drug-likeness (QED) is 0.711. The molecule has 3 nitrogen and oxygen atoms in total. The van der Waals surface area contributed by atoms with Crippen LogP contribution in [-0.2, 0) is 0 Å². The number of ketones is 1. The summed E-state index contributed by atoms with van der Waals surface area (Å²) in [5.41, 5.74) is 0.212. The Morgan fingerprint density at radius 1 is 1.36 bits per heavy atom. The minimum Gasteiger partial charge on any atom is -0.461 e. The van der Waals surface area contributed by atoms with Gasteiger partial charge in [-0.1, -0.05) is 11.6 Å². The van der Waals surface area contributed by atoms with E-state index in [2.05, 4.69) is 4.98 Å². The zero-order chi connectivity index (χ0) is 9.97. The van der Waals surface area contributed by atoms with E-state index in [1.165, 1.54) is 12.5 Å². The van der Waals surface area contributed by atoms with E-state index in [1.807, 2.05) is 0 Å². The lowest BCUT2D eigenvalue weighted by atomic mass is 10.2. The van der Waals surface area contributed by atoms with Crippen LogP contribution in [0.25, 0.3) is 0 Å². The number of hydrogen-bond donors (Lipinski definition) is 0. The van der Waals surface area contributed by atoms with Crippen molar-refractivity contribution < 1.29 is 9.21 Å². The monoisotopic (exact) mass is 207 g/mol. The molecule has 0 bridgehead atoms. The molecule has 0 aromatic carbocycles. The molecule has 0 aliphatic carbocycles. The van der Waals surface area contributed by atoms with Crippen molar-refractivity contribution in [2.24, 2.45) is 0 Å². The molecule has 0 radical (unpaired) electrons. The topological polar surface area (TPSA) is 43.1 Å². The van der Waals surface area contributed by atoms with Crippen LogP contribution in [0.15, 0.2) is 41.1 Å². The molecule has 0 aliphatic heterocycles. The Morgan fingerprint density at radius 2 is 2.21 bits per heavy atom. The fraction of sp³-hybridized carbons (Fsp3) is 0. The molecule has 0 unspecified atom stereocenters. The molecule has 0 amide bonds. The number of nitrogens with zero attached hydrogens (tertiary/aromatic N) is 1. The van der Waals surface area contributed by atoms with Crippen LogP contribution < -0.4 is 0 Å². The van der Waals surface area contributed by atoms with E-state index in [1.54, 1.807) is 24.3 Å². The highest BCUT2D eigenvalue weighted by Crippen LogP contribution is 2.16. The summed E-state index contributed by atoms with van der Waals surface area (Å²) in [4.78, 5) is 15.6. The smallest absolute Gasteiger partial charge is 0.247 e. The Balaban J connectivity index is 2.42. The molecule has 2 aromatic heterocycles. The van der Waals surface area contributed by atoms with Crippen LogP contribution in [0, 0.1) is 0 Å². The fourth-order valence-electron chi connectivity index (χ4n) is 1.08. The van der Waals surface area contributed by atoms with Crippen molar-refractivity contribution >= 4 is 17.4 Å². The summed E-state index contributed by atoms with van der Waals surface area (Å²) in [6.07, 6.45) is 2.95. The summed E-state index contributed by atoms with van der Waals surface area (Å²) in [6.45, 7) is 0. The molecular formula is C10H6ClNO2. The largest absolute Gasteiger partial charge is 0.461 e. The van der Waals surface area contributed by atoms with Gasteiger partial charge in [0, 0.05) is 6.20 Å². The predicted octanol–water partition coefficient (Wildman–Crippen LogP) is 2.56. The molecule has 0 saturated carbocycles. The van der Waals surface area contributed by atoms with Crippen molar-refractivity contribution in [2.45, 2.75) is 0 Å². The average molecular weight is 208 g/mol. The molecular weight excluding hydrogens is 202 g/mol. The van der Waals surface area contributed by atoms with E-state index in [-0.39, 0.29) is 17.2 Å². The van der Waals surface area contributed by atoms with Crippen molar-refractivity contribution in [3.8, 4) is 0 Å². The second-order valence-corrected chi connectivity index (χ2v) is 3.05. The number of carbonyl (C=O) groups excluding carboxylic acids is 1. The first-order valence-corrected chi connectivity index (χ1v) is 4.35. The normalized spacial score (nSPS) is 10.1. The van der Waals surface area contributed by atoms with E-state index in [4.69, 9.17) is 16.0 Å². The van der Waals surface area contributed by atoms with E-state index < -0.39 is 0 Å². The third kappa shape index (κ3) is 1.54. The Bertz CT molecular complexity index is 451. The number of pyridine rings is 1. The highest BCUT2D eigenvalue weighted by atomic mass is 35.5. The molecule has 0 atom stereocenters. The van der Waals surface area contributed by atoms with Gasteiger partial charge in [-0.2, -0.15) is 0 Å². The van der Waals surface area contributed by atoms with Crippen LogP contribution in [-0.4, -0.2) is 10.8 Å². The van der Waals surface area contributed by atoms with Gasteiger partial charge in [-0.15, -0.1) is 0 Å². The number of rotatable bonds is 2. The first kappa shape index (κ1) is 8.97. The number of carbonyl (C=O) groups is 1. The van der Waals surface area contributed by atoms with Crippen LogP contribution >= 0.6 is 11.6 Å². The van der Waals surface area contributed by atoms with Crippen LogP contribution in [0.5, 0.6) is 0 Å². The third-order valence-corrected chi connectivity index (χ3v) is 2.02. The molecule has 0 N–H and O–H groups in total. The van der Waals surface area contributed by atoms with Gasteiger partial charge < -0.3 is 4.42 Å². The minimum absolute atomic E-state index is 0.212. The van der Waals surface area contributed by atoms with E-state index in [9.17, 15) is 4.79 Å². The standard InChI is InChI=1S/C10H6ClNO2/c11-7-3-1-5-12-9(7)10(13)8-4-2-6-14-8/h1-6H. The van der Waals surface area contributed by atoms with Gasteiger partial charge in [0.15, 0.2) is 5.76 Å². The van der Waals surface area contributed by atoms with Gasteiger partial charge in [-0.3, -0.25) is 9.78 Å². The fourth-order valence-corrected chi connectivity index (χ4v) is 1.28. The zero-order valence-electron chi connectivity index (χ0n) is 7.11. The molecule has 0 fully saturated rings. The highest BCUT2D eigenvalue weighted by molar-refractivity contribution is 6.34. The third-order valence-electron chi connectivity index (χ3n) is 1.72. The van der Waals surface area contributed by atoms with Crippen molar-refractivity contribution in [3.05, 3.63) is 53.2 Å². The molecule has 0 spiro atoms. The lowest BCUT2D eigenvalue weighted by Gasteiger charge is -1.98. The van der Waals surface area contributed by atoms with Gasteiger partial charge in [0.1, 0.15) is 5.69 Å². The Hall–Kier alpha value is -1.61.